The maximum Gasteiger partial charge on any atom is 0.159 e. The van der Waals surface area contributed by atoms with Crippen molar-refractivity contribution in [2.45, 2.75) is 26.6 Å². The highest BCUT2D eigenvalue weighted by molar-refractivity contribution is 4.87. The maximum atomic E-state index is 5.60. The SMILES string of the molecule is CC(C)C1OC[C@@H]2C[C@@H]2CO1. The van der Waals surface area contributed by atoms with Gasteiger partial charge in [0.2, 0.25) is 0 Å². The summed E-state index contributed by atoms with van der Waals surface area (Å²) in [6, 6.07) is 0. The second-order valence-electron chi connectivity index (χ2n) is 4.03. The van der Waals surface area contributed by atoms with E-state index in [1.807, 2.05) is 0 Å². The summed E-state index contributed by atoms with van der Waals surface area (Å²) in [6.07, 6.45) is 1.38. The summed E-state index contributed by atoms with van der Waals surface area (Å²) in [5.74, 6) is 2.13. The number of hydrogen-bond acceptors (Lipinski definition) is 2. The summed E-state index contributed by atoms with van der Waals surface area (Å²) in [7, 11) is 0. The molecule has 1 saturated heterocycles. The van der Waals surface area contributed by atoms with Crippen molar-refractivity contribution in [2.24, 2.45) is 17.8 Å². The van der Waals surface area contributed by atoms with Crippen LogP contribution in [0.3, 0.4) is 0 Å². The summed E-state index contributed by atoms with van der Waals surface area (Å²) >= 11 is 0. The molecular weight excluding hydrogens is 140 g/mol. The Labute approximate surface area is 67.9 Å². The van der Waals surface area contributed by atoms with Crippen LogP contribution in [0.5, 0.6) is 0 Å². The Hall–Kier alpha value is -0.0800. The van der Waals surface area contributed by atoms with Crippen molar-refractivity contribution >= 4 is 0 Å². The summed E-state index contributed by atoms with van der Waals surface area (Å²) in [6.45, 7) is 6.13. The zero-order chi connectivity index (χ0) is 7.84. The molecule has 2 nitrogen and oxygen atoms in total. The Bertz CT molecular complexity index is 132. The van der Waals surface area contributed by atoms with Crippen LogP contribution < -0.4 is 0 Å². The van der Waals surface area contributed by atoms with Crippen molar-refractivity contribution in [3.63, 3.8) is 0 Å². The molecule has 2 heteroatoms. The fourth-order valence-corrected chi connectivity index (χ4v) is 1.59. The molecule has 64 valence electrons. The van der Waals surface area contributed by atoms with E-state index in [1.165, 1.54) is 6.42 Å². The van der Waals surface area contributed by atoms with Crippen molar-refractivity contribution in [3.05, 3.63) is 0 Å². The number of hydrogen-bond donors (Lipinski definition) is 0. The molecule has 0 radical (unpaired) electrons. The van der Waals surface area contributed by atoms with Crippen LogP contribution in [-0.2, 0) is 9.47 Å². The highest BCUT2D eigenvalue weighted by atomic mass is 16.7. The molecule has 1 unspecified atom stereocenters. The Morgan fingerprint density at radius 1 is 1.09 bits per heavy atom. The fraction of sp³-hybridized carbons (Fsp3) is 1.00. The highest BCUT2D eigenvalue weighted by Gasteiger charge is 2.41. The van der Waals surface area contributed by atoms with Gasteiger partial charge in [-0.15, -0.1) is 0 Å². The van der Waals surface area contributed by atoms with Crippen LogP contribution in [0, 0.1) is 17.8 Å². The van der Waals surface area contributed by atoms with Crippen LogP contribution in [0.4, 0.5) is 0 Å². The monoisotopic (exact) mass is 156 g/mol. The highest BCUT2D eigenvalue weighted by Crippen LogP contribution is 2.41. The predicted octanol–water partition coefficient (Wildman–Crippen LogP) is 1.65. The van der Waals surface area contributed by atoms with Gasteiger partial charge in [-0.05, 0) is 18.3 Å². The first-order valence-corrected chi connectivity index (χ1v) is 4.50. The van der Waals surface area contributed by atoms with E-state index in [0.29, 0.717) is 5.92 Å². The molecule has 1 aliphatic carbocycles. The topological polar surface area (TPSA) is 18.5 Å². The van der Waals surface area contributed by atoms with Crippen LogP contribution in [-0.4, -0.2) is 19.5 Å². The van der Waals surface area contributed by atoms with Gasteiger partial charge in [-0.25, -0.2) is 0 Å². The molecule has 1 saturated carbocycles. The van der Waals surface area contributed by atoms with E-state index in [1.54, 1.807) is 0 Å². The molecule has 0 bridgehead atoms. The molecule has 0 aromatic rings. The lowest BCUT2D eigenvalue weighted by Crippen LogP contribution is -2.23. The van der Waals surface area contributed by atoms with E-state index < -0.39 is 0 Å². The zero-order valence-electron chi connectivity index (χ0n) is 7.25. The van der Waals surface area contributed by atoms with E-state index in [2.05, 4.69) is 13.8 Å². The summed E-state index contributed by atoms with van der Waals surface area (Å²) in [5.41, 5.74) is 0. The number of ether oxygens (including phenoxy) is 2. The third-order valence-electron chi connectivity index (χ3n) is 2.56. The minimum Gasteiger partial charge on any atom is -0.352 e. The van der Waals surface area contributed by atoms with Crippen LogP contribution in [0.2, 0.25) is 0 Å². The first-order chi connectivity index (χ1) is 5.27. The van der Waals surface area contributed by atoms with Gasteiger partial charge < -0.3 is 9.47 Å². The van der Waals surface area contributed by atoms with Crippen LogP contribution >= 0.6 is 0 Å². The maximum absolute atomic E-state index is 5.60. The van der Waals surface area contributed by atoms with Crippen molar-refractivity contribution in [1.82, 2.24) is 0 Å². The normalized spacial score (nSPS) is 43.4. The molecule has 2 rings (SSSR count). The van der Waals surface area contributed by atoms with Crippen molar-refractivity contribution in [2.75, 3.05) is 13.2 Å². The van der Waals surface area contributed by atoms with Crippen LogP contribution in [0.25, 0.3) is 0 Å². The van der Waals surface area contributed by atoms with Gasteiger partial charge in [0.25, 0.3) is 0 Å². The average molecular weight is 156 g/mol. The predicted molar refractivity (Wildman–Crippen MR) is 42.1 cm³/mol. The van der Waals surface area contributed by atoms with Crippen molar-refractivity contribution in [1.29, 1.82) is 0 Å². The Morgan fingerprint density at radius 2 is 1.64 bits per heavy atom. The van der Waals surface area contributed by atoms with Crippen LogP contribution in [0.1, 0.15) is 20.3 Å². The lowest BCUT2D eigenvalue weighted by atomic mass is 10.2. The molecule has 2 aliphatic rings. The third-order valence-corrected chi connectivity index (χ3v) is 2.56. The van der Waals surface area contributed by atoms with Crippen molar-refractivity contribution in [3.8, 4) is 0 Å². The largest absolute Gasteiger partial charge is 0.352 e. The van der Waals surface area contributed by atoms with Gasteiger partial charge in [-0.3, -0.25) is 0 Å². The third kappa shape index (κ3) is 1.57. The summed E-state index contributed by atoms with van der Waals surface area (Å²) in [4.78, 5) is 0. The summed E-state index contributed by atoms with van der Waals surface area (Å²) < 4.78 is 11.2. The minimum atomic E-state index is 0.0581. The first-order valence-electron chi connectivity index (χ1n) is 4.50. The molecule has 0 aromatic heterocycles. The van der Waals surface area contributed by atoms with Gasteiger partial charge in [-0.2, -0.15) is 0 Å². The minimum absolute atomic E-state index is 0.0581. The smallest absolute Gasteiger partial charge is 0.159 e. The lowest BCUT2D eigenvalue weighted by molar-refractivity contribution is -0.157. The average Bonchev–Trinajstić information content (AvgIpc) is 2.60. The molecule has 0 spiro atoms. The van der Waals surface area contributed by atoms with E-state index in [9.17, 15) is 0 Å². The van der Waals surface area contributed by atoms with E-state index in [4.69, 9.17) is 9.47 Å². The molecular formula is C9H16O2. The van der Waals surface area contributed by atoms with E-state index >= 15 is 0 Å². The van der Waals surface area contributed by atoms with Gasteiger partial charge in [0.1, 0.15) is 0 Å². The zero-order valence-corrected chi connectivity index (χ0v) is 7.25. The standard InChI is InChI=1S/C9H16O2/c1-6(2)9-10-4-7-3-8(7)5-11-9/h6-9H,3-5H2,1-2H3/t7-,8+,9?. The molecule has 3 atom stereocenters. The second kappa shape index (κ2) is 2.76. The Balaban J connectivity index is 1.86. The molecule has 1 heterocycles. The molecule has 0 aromatic carbocycles. The van der Waals surface area contributed by atoms with Crippen LogP contribution in [0.15, 0.2) is 0 Å². The second-order valence-corrected chi connectivity index (χ2v) is 4.03. The van der Waals surface area contributed by atoms with Gasteiger partial charge in [0.15, 0.2) is 6.29 Å². The molecule has 2 fully saturated rings. The summed E-state index contributed by atoms with van der Waals surface area (Å²) in [5, 5.41) is 0. The molecule has 0 amide bonds. The van der Waals surface area contributed by atoms with Gasteiger partial charge in [-0.1, -0.05) is 13.8 Å². The first kappa shape index (κ1) is 7.56. The Kier molecular flexibility index (Phi) is 1.90. The quantitative estimate of drug-likeness (QED) is 0.574. The number of fused-ring (bicyclic) bond motifs is 1. The van der Waals surface area contributed by atoms with Gasteiger partial charge in [0, 0.05) is 5.92 Å². The fourth-order valence-electron chi connectivity index (χ4n) is 1.59. The molecule has 11 heavy (non-hydrogen) atoms. The van der Waals surface area contributed by atoms with E-state index in [0.717, 1.165) is 25.0 Å². The van der Waals surface area contributed by atoms with Crippen molar-refractivity contribution < 1.29 is 9.47 Å². The lowest BCUT2D eigenvalue weighted by Gasteiger charge is -2.19. The van der Waals surface area contributed by atoms with Gasteiger partial charge in [0.05, 0.1) is 13.2 Å². The molecule has 0 N–H and O–H groups in total. The Morgan fingerprint density at radius 3 is 2.09 bits per heavy atom. The van der Waals surface area contributed by atoms with Gasteiger partial charge >= 0.3 is 0 Å². The van der Waals surface area contributed by atoms with E-state index in [-0.39, 0.29) is 6.29 Å². The number of rotatable bonds is 1. The molecule has 1 aliphatic heterocycles.